The molecule has 1 N–H and O–H groups in total. The Morgan fingerprint density at radius 1 is 1.30 bits per heavy atom. The van der Waals surface area contributed by atoms with Crippen molar-refractivity contribution in [3.8, 4) is 5.75 Å². The van der Waals surface area contributed by atoms with Gasteiger partial charge in [-0.25, -0.2) is 4.79 Å². The monoisotopic (exact) mass is 295 g/mol. The first-order chi connectivity index (χ1) is 9.00. The van der Waals surface area contributed by atoms with Gasteiger partial charge in [0, 0.05) is 6.07 Å². The molecule has 0 aliphatic heterocycles. The smallest absolute Gasteiger partial charge is 0.490 e. The lowest BCUT2D eigenvalue weighted by molar-refractivity contribution is -0.385. The van der Waals surface area contributed by atoms with Gasteiger partial charge in [-0.1, -0.05) is 0 Å². The first-order valence-electron chi connectivity index (χ1n) is 5.10. The molecule has 0 atom stereocenters. The van der Waals surface area contributed by atoms with Gasteiger partial charge in [0.15, 0.2) is 5.75 Å². The maximum absolute atomic E-state index is 10.6. The van der Waals surface area contributed by atoms with E-state index in [9.17, 15) is 23.3 Å². The molecule has 112 valence electrons. The minimum absolute atomic E-state index is 0.0191. The Bertz CT molecular complexity index is 514. The second kappa shape index (κ2) is 6.73. The van der Waals surface area contributed by atoms with Crippen LogP contribution >= 0.6 is 0 Å². The van der Waals surface area contributed by atoms with Gasteiger partial charge in [0.1, 0.15) is 0 Å². The Labute approximate surface area is 111 Å². The molecular weight excluding hydrogens is 283 g/mol. The summed E-state index contributed by atoms with van der Waals surface area (Å²) in [5.74, 6) is -2.44. The number of ether oxygens (including phenoxy) is 1. The predicted molar refractivity (Wildman–Crippen MR) is 62.8 cm³/mol. The first kappa shape index (κ1) is 17.7. The van der Waals surface area contributed by atoms with Crippen molar-refractivity contribution in [2.75, 3.05) is 7.11 Å². The minimum Gasteiger partial charge on any atom is -0.490 e. The van der Waals surface area contributed by atoms with Gasteiger partial charge in [-0.3, -0.25) is 10.1 Å². The van der Waals surface area contributed by atoms with Crippen molar-refractivity contribution in [2.45, 2.75) is 20.0 Å². The van der Waals surface area contributed by atoms with Crippen LogP contribution in [-0.4, -0.2) is 29.3 Å². The Morgan fingerprint density at radius 2 is 1.70 bits per heavy atom. The Balaban J connectivity index is 0.000000441. The third-order valence-electron chi connectivity index (χ3n) is 2.23. The zero-order valence-electron chi connectivity index (χ0n) is 10.8. The molecular formula is C11H12F3NO5. The fraction of sp³-hybridized carbons (Fsp3) is 0.364. The molecule has 0 aromatic heterocycles. The standard InChI is InChI=1S/C9H11NO3.C2HF3O2/c1-6-4-8(10(11)12)9(13-3)5-7(6)2;3-2(4,5)1(6)7/h4-5H,1-3H3;(H,6,7). The highest BCUT2D eigenvalue weighted by Gasteiger charge is 2.38. The number of halogens is 3. The molecule has 0 unspecified atom stereocenters. The molecule has 0 fully saturated rings. The van der Waals surface area contributed by atoms with Crippen molar-refractivity contribution < 1.29 is 32.7 Å². The lowest BCUT2D eigenvalue weighted by Gasteiger charge is -2.04. The van der Waals surface area contributed by atoms with Gasteiger partial charge in [-0.15, -0.1) is 0 Å². The molecule has 0 saturated carbocycles. The largest absolute Gasteiger partial charge is 0.490 e. The quantitative estimate of drug-likeness (QED) is 0.669. The highest BCUT2D eigenvalue weighted by Crippen LogP contribution is 2.29. The van der Waals surface area contributed by atoms with E-state index in [2.05, 4.69) is 0 Å². The number of nitro benzene ring substituents is 1. The number of hydrogen-bond acceptors (Lipinski definition) is 4. The van der Waals surface area contributed by atoms with Gasteiger partial charge in [0.05, 0.1) is 12.0 Å². The average molecular weight is 295 g/mol. The zero-order chi connectivity index (χ0) is 16.1. The Hall–Kier alpha value is -2.32. The second-order valence-electron chi connectivity index (χ2n) is 3.67. The molecule has 0 bridgehead atoms. The molecule has 0 aliphatic rings. The Kier molecular flexibility index (Phi) is 5.95. The van der Waals surface area contributed by atoms with Crippen LogP contribution in [0.2, 0.25) is 0 Å². The van der Waals surface area contributed by atoms with E-state index in [1.165, 1.54) is 13.2 Å². The van der Waals surface area contributed by atoms with Gasteiger partial charge in [0.25, 0.3) is 0 Å². The molecule has 1 aromatic carbocycles. The molecule has 20 heavy (non-hydrogen) atoms. The van der Waals surface area contributed by atoms with Crippen LogP contribution in [0.1, 0.15) is 11.1 Å². The van der Waals surface area contributed by atoms with E-state index in [1.807, 2.05) is 13.8 Å². The number of rotatable bonds is 2. The van der Waals surface area contributed by atoms with Crippen LogP contribution in [0.25, 0.3) is 0 Å². The fourth-order valence-corrected chi connectivity index (χ4v) is 1.08. The highest BCUT2D eigenvalue weighted by molar-refractivity contribution is 5.73. The predicted octanol–water partition coefficient (Wildman–Crippen LogP) is 2.85. The molecule has 6 nitrogen and oxygen atoms in total. The maximum atomic E-state index is 10.6. The number of methoxy groups -OCH3 is 1. The minimum atomic E-state index is -5.08. The van der Waals surface area contributed by atoms with Crippen molar-refractivity contribution in [2.24, 2.45) is 0 Å². The van der Waals surface area contributed by atoms with Crippen molar-refractivity contribution >= 4 is 11.7 Å². The SMILES string of the molecule is COc1cc(C)c(C)cc1[N+](=O)[O-].O=C(O)C(F)(F)F. The van der Waals surface area contributed by atoms with E-state index in [0.717, 1.165) is 11.1 Å². The molecule has 0 heterocycles. The van der Waals surface area contributed by atoms with Crippen LogP contribution in [0, 0.1) is 24.0 Å². The third-order valence-corrected chi connectivity index (χ3v) is 2.23. The van der Waals surface area contributed by atoms with Gasteiger partial charge in [0.2, 0.25) is 0 Å². The second-order valence-corrected chi connectivity index (χ2v) is 3.67. The summed E-state index contributed by atoms with van der Waals surface area (Å²) in [4.78, 5) is 19.0. The summed E-state index contributed by atoms with van der Waals surface area (Å²) >= 11 is 0. The maximum Gasteiger partial charge on any atom is 0.490 e. The lowest BCUT2D eigenvalue weighted by Crippen LogP contribution is -2.21. The zero-order valence-corrected chi connectivity index (χ0v) is 10.8. The molecule has 0 radical (unpaired) electrons. The number of aliphatic carboxylic acids is 1. The van der Waals surface area contributed by atoms with E-state index in [0.29, 0.717) is 5.75 Å². The van der Waals surface area contributed by atoms with Crippen molar-refractivity contribution in [1.82, 2.24) is 0 Å². The molecule has 0 amide bonds. The van der Waals surface area contributed by atoms with Gasteiger partial charge in [-0.05, 0) is 31.0 Å². The summed E-state index contributed by atoms with van der Waals surface area (Å²) in [6.45, 7) is 3.73. The molecule has 1 rings (SSSR count). The van der Waals surface area contributed by atoms with Crippen LogP contribution in [0.4, 0.5) is 18.9 Å². The average Bonchev–Trinajstić information content (AvgIpc) is 2.31. The molecule has 1 aromatic rings. The highest BCUT2D eigenvalue weighted by atomic mass is 19.4. The summed E-state index contributed by atoms with van der Waals surface area (Å²) in [5, 5.41) is 17.7. The van der Waals surface area contributed by atoms with E-state index in [4.69, 9.17) is 14.6 Å². The summed E-state index contributed by atoms with van der Waals surface area (Å²) in [5.41, 5.74) is 1.90. The Morgan fingerprint density at radius 3 is 2.00 bits per heavy atom. The van der Waals surface area contributed by atoms with Crippen molar-refractivity contribution in [1.29, 1.82) is 0 Å². The lowest BCUT2D eigenvalue weighted by atomic mass is 10.1. The number of hydrogen-bond donors (Lipinski definition) is 1. The molecule has 0 spiro atoms. The van der Waals surface area contributed by atoms with E-state index < -0.39 is 17.1 Å². The number of benzene rings is 1. The molecule has 0 saturated heterocycles. The summed E-state index contributed by atoms with van der Waals surface area (Å²) in [6.07, 6.45) is -5.08. The number of alkyl halides is 3. The first-order valence-corrected chi connectivity index (χ1v) is 5.10. The summed E-state index contributed by atoms with van der Waals surface area (Å²) in [7, 11) is 1.43. The number of aryl methyl sites for hydroxylation is 2. The number of nitro groups is 1. The normalized spacial score (nSPS) is 10.3. The summed E-state index contributed by atoms with van der Waals surface area (Å²) in [6, 6.07) is 3.20. The van der Waals surface area contributed by atoms with Crippen LogP contribution in [0.5, 0.6) is 5.75 Å². The van der Waals surface area contributed by atoms with Crippen molar-refractivity contribution in [3.63, 3.8) is 0 Å². The van der Waals surface area contributed by atoms with E-state index in [1.54, 1.807) is 6.07 Å². The topological polar surface area (TPSA) is 89.7 Å². The van der Waals surface area contributed by atoms with Gasteiger partial charge < -0.3 is 9.84 Å². The summed E-state index contributed by atoms with van der Waals surface area (Å²) < 4.78 is 36.6. The third kappa shape index (κ3) is 5.12. The van der Waals surface area contributed by atoms with Crippen molar-refractivity contribution in [3.05, 3.63) is 33.4 Å². The number of carboxylic acid groups (broad SMARTS) is 1. The number of carbonyl (C=O) groups is 1. The van der Waals surface area contributed by atoms with Gasteiger partial charge in [-0.2, -0.15) is 13.2 Å². The number of nitrogens with zero attached hydrogens (tertiary/aromatic N) is 1. The number of carboxylic acids is 1. The van der Waals surface area contributed by atoms with E-state index in [-0.39, 0.29) is 5.69 Å². The van der Waals surface area contributed by atoms with Crippen LogP contribution in [0.3, 0.4) is 0 Å². The van der Waals surface area contributed by atoms with Crippen LogP contribution in [-0.2, 0) is 4.79 Å². The molecule has 9 heteroatoms. The van der Waals surface area contributed by atoms with Gasteiger partial charge >= 0.3 is 17.8 Å². The fourth-order valence-electron chi connectivity index (χ4n) is 1.08. The van der Waals surface area contributed by atoms with Crippen LogP contribution in [0.15, 0.2) is 12.1 Å². The van der Waals surface area contributed by atoms with Crippen LogP contribution < -0.4 is 4.74 Å². The molecule has 0 aliphatic carbocycles. The van der Waals surface area contributed by atoms with E-state index >= 15 is 0 Å².